The predicted octanol–water partition coefficient (Wildman–Crippen LogP) is 4.70. The second kappa shape index (κ2) is 6.31. The van der Waals surface area contributed by atoms with E-state index in [0.29, 0.717) is 21.5 Å². The summed E-state index contributed by atoms with van der Waals surface area (Å²) in [6.07, 6.45) is 0. The van der Waals surface area contributed by atoms with E-state index in [4.69, 9.17) is 11.6 Å². The van der Waals surface area contributed by atoms with Crippen LogP contribution in [0.5, 0.6) is 0 Å². The number of nitrogens with one attached hydrogen (secondary N) is 1. The Bertz CT molecular complexity index is 1050. The number of benzene rings is 2. The van der Waals surface area contributed by atoms with Gasteiger partial charge in [-0.25, -0.2) is 4.98 Å². The van der Waals surface area contributed by atoms with Crippen LogP contribution in [-0.4, -0.2) is 20.7 Å². The Balaban J connectivity index is 1.70. The second-order valence-electron chi connectivity index (χ2n) is 5.51. The summed E-state index contributed by atoms with van der Waals surface area (Å²) in [4.78, 5) is 17.1. The van der Waals surface area contributed by atoms with Crippen LogP contribution < -0.4 is 5.32 Å². The molecule has 124 valence electrons. The van der Waals surface area contributed by atoms with Crippen molar-refractivity contribution in [2.45, 2.75) is 6.92 Å². The molecule has 0 fully saturated rings. The maximum atomic E-state index is 12.5. The van der Waals surface area contributed by atoms with Crippen LogP contribution in [0.25, 0.3) is 15.3 Å². The van der Waals surface area contributed by atoms with Crippen molar-refractivity contribution in [3.05, 3.63) is 70.9 Å². The van der Waals surface area contributed by atoms with Gasteiger partial charge in [-0.2, -0.15) is 9.78 Å². The number of nitrogens with zero attached hydrogens (tertiary/aromatic N) is 3. The number of hydrogen-bond donors (Lipinski definition) is 1. The fraction of sp³-hybridized carbons (Fsp3) is 0.0556. The number of hydrogen-bond acceptors (Lipinski definition) is 4. The maximum Gasteiger partial charge on any atom is 0.256 e. The molecule has 0 spiro atoms. The molecule has 1 N–H and O–H groups in total. The van der Waals surface area contributed by atoms with Crippen molar-refractivity contribution >= 4 is 44.9 Å². The van der Waals surface area contributed by atoms with Gasteiger partial charge in [0.1, 0.15) is 5.82 Å². The molecule has 2 aromatic carbocycles. The number of fused-ring (bicyclic) bond motifs is 1. The molecule has 5 nitrogen and oxygen atoms in total. The first kappa shape index (κ1) is 15.8. The number of carbonyl (C=O) groups excluding carboxylic acids is 1. The molecule has 0 atom stereocenters. The number of anilines is 1. The van der Waals surface area contributed by atoms with Crippen molar-refractivity contribution < 1.29 is 4.79 Å². The highest BCUT2D eigenvalue weighted by Crippen LogP contribution is 2.27. The number of aryl methyl sites for hydroxylation is 1. The lowest BCUT2D eigenvalue weighted by atomic mass is 10.2. The van der Waals surface area contributed by atoms with Crippen LogP contribution in [0.15, 0.2) is 54.6 Å². The van der Waals surface area contributed by atoms with Crippen LogP contribution >= 0.6 is 22.9 Å². The summed E-state index contributed by atoms with van der Waals surface area (Å²) < 4.78 is 2.72. The zero-order valence-corrected chi connectivity index (χ0v) is 14.8. The molecule has 0 saturated heterocycles. The zero-order chi connectivity index (χ0) is 17.4. The molecule has 1 amide bonds. The summed E-state index contributed by atoms with van der Waals surface area (Å²) in [5.41, 5.74) is 2.19. The van der Waals surface area contributed by atoms with Gasteiger partial charge in [-0.15, -0.1) is 0 Å². The Morgan fingerprint density at radius 3 is 2.80 bits per heavy atom. The number of thiazole rings is 1. The minimum atomic E-state index is -0.246. The predicted molar refractivity (Wildman–Crippen MR) is 101 cm³/mol. The molecule has 0 bridgehead atoms. The average molecular weight is 369 g/mol. The smallest absolute Gasteiger partial charge is 0.256 e. The lowest BCUT2D eigenvalue weighted by Gasteiger charge is -2.06. The largest absolute Gasteiger partial charge is 0.306 e. The summed E-state index contributed by atoms with van der Waals surface area (Å²) in [5.74, 6) is 0.325. The van der Waals surface area contributed by atoms with Gasteiger partial charge in [0, 0.05) is 16.7 Å². The highest BCUT2D eigenvalue weighted by Gasteiger charge is 2.15. The average Bonchev–Trinajstić information content (AvgIpc) is 3.17. The molecule has 0 aliphatic carbocycles. The molecule has 4 aromatic rings. The van der Waals surface area contributed by atoms with E-state index in [-0.39, 0.29) is 5.91 Å². The molecule has 0 radical (unpaired) electrons. The Morgan fingerprint density at radius 2 is 2.00 bits per heavy atom. The van der Waals surface area contributed by atoms with Gasteiger partial charge >= 0.3 is 0 Å². The Labute approximate surface area is 152 Å². The Hall–Kier alpha value is -2.70. The Morgan fingerprint density at radius 1 is 1.16 bits per heavy atom. The molecular formula is C18H13ClN4OS. The zero-order valence-electron chi connectivity index (χ0n) is 13.2. The van der Waals surface area contributed by atoms with Crippen molar-refractivity contribution in [1.82, 2.24) is 14.8 Å². The van der Waals surface area contributed by atoms with Crippen LogP contribution in [-0.2, 0) is 0 Å². The van der Waals surface area contributed by atoms with Crippen LogP contribution in [0, 0.1) is 6.92 Å². The highest BCUT2D eigenvalue weighted by molar-refractivity contribution is 7.20. The van der Waals surface area contributed by atoms with E-state index >= 15 is 0 Å². The van der Waals surface area contributed by atoms with Crippen LogP contribution in [0.1, 0.15) is 16.1 Å². The van der Waals surface area contributed by atoms with Crippen molar-refractivity contribution in [1.29, 1.82) is 0 Å². The first-order valence-corrected chi connectivity index (χ1v) is 8.79. The highest BCUT2D eigenvalue weighted by atomic mass is 35.5. The van der Waals surface area contributed by atoms with E-state index in [1.54, 1.807) is 28.9 Å². The molecule has 0 saturated carbocycles. The first-order valence-electron chi connectivity index (χ1n) is 7.60. The molecule has 2 heterocycles. The second-order valence-corrected chi connectivity index (χ2v) is 6.96. The molecule has 4 rings (SSSR count). The van der Waals surface area contributed by atoms with Gasteiger partial charge in [-0.05, 0) is 37.3 Å². The molecule has 0 unspecified atom stereocenters. The van der Waals surface area contributed by atoms with E-state index in [0.717, 1.165) is 15.9 Å². The topological polar surface area (TPSA) is 59.8 Å². The lowest BCUT2D eigenvalue weighted by molar-refractivity contribution is 0.102. The minimum Gasteiger partial charge on any atom is -0.306 e. The third kappa shape index (κ3) is 3.14. The molecule has 25 heavy (non-hydrogen) atoms. The first-order chi connectivity index (χ1) is 12.1. The number of halogens is 1. The standard InChI is InChI=1S/C18H13ClN4OS/c1-11-9-16(21-17(24)12-5-4-6-13(19)10-12)23(22-11)18-20-14-7-2-3-8-15(14)25-18/h2-10H,1H3,(H,21,24). The minimum absolute atomic E-state index is 0.246. The third-order valence-corrected chi connectivity index (χ3v) is 4.87. The summed E-state index contributed by atoms with van der Waals surface area (Å²) in [7, 11) is 0. The van der Waals surface area contributed by atoms with E-state index in [9.17, 15) is 4.79 Å². The fourth-order valence-corrected chi connectivity index (χ4v) is 3.62. The van der Waals surface area contributed by atoms with E-state index in [2.05, 4.69) is 15.4 Å². The maximum absolute atomic E-state index is 12.5. The number of aromatic nitrogens is 3. The van der Waals surface area contributed by atoms with Crippen molar-refractivity contribution in [3.63, 3.8) is 0 Å². The normalized spacial score (nSPS) is 11.0. The van der Waals surface area contributed by atoms with Crippen LogP contribution in [0.3, 0.4) is 0 Å². The molecule has 0 aliphatic heterocycles. The molecule has 7 heteroatoms. The van der Waals surface area contributed by atoms with Crippen molar-refractivity contribution in [3.8, 4) is 5.13 Å². The number of amides is 1. The SMILES string of the molecule is Cc1cc(NC(=O)c2cccc(Cl)c2)n(-c2nc3ccccc3s2)n1. The van der Waals surface area contributed by atoms with Gasteiger partial charge < -0.3 is 5.32 Å². The number of rotatable bonds is 3. The van der Waals surface area contributed by atoms with Gasteiger partial charge in [-0.1, -0.05) is 41.1 Å². The molecule has 0 aliphatic rings. The Kier molecular flexibility index (Phi) is 3.99. The quantitative estimate of drug-likeness (QED) is 0.570. The summed E-state index contributed by atoms with van der Waals surface area (Å²) >= 11 is 7.48. The monoisotopic (exact) mass is 368 g/mol. The van der Waals surface area contributed by atoms with Crippen molar-refractivity contribution in [2.24, 2.45) is 0 Å². The van der Waals surface area contributed by atoms with Crippen LogP contribution in [0.4, 0.5) is 5.82 Å². The van der Waals surface area contributed by atoms with Crippen molar-refractivity contribution in [2.75, 3.05) is 5.32 Å². The molecular weight excluding hydrogens is 356 g/mol. The summed E-state index contributed by atoms with van der Waals surface area (Å²) in [6.45, 7) is 1.87. The van der Waals surface area contributed by atoms with E-state index in [1.807, 2.05) is 37.3 Å². The molecule has 2 aromatic heterocycles. The van der Waals surface area contributed by atoms with Gasteiger partial charge in [0.25, 0.3) is 5.91 Å². The number of carbonyl (C=O) groups is 1. The van der Waals surface area contributed by atoms with E-state index < -0.39 is 0 Å². The third-order valence-electron chi connectivity index (χ3n) is 3.62. The lowest BCUT2D eigenvalue weighted by Crippen LogP contribution is -2.15. The van der Waals surface area contributed by atoms with Gasteiger partial charge in [0.15, 0.2) is 0 Å². The van der Waals surface area contributed by atoms with Gasteiger partial charge in [0.2, 0.25) is 5.13 Å². The van der Waals surface area contributed by atoms with E-state index in [1.165, 1.54) is 11.3 Å². The fourth-order valence-electron chi connectivity index (χ4n) is 2.50. The number of para-hydroxylation sites is 1. The summed E-state index contributed by atoms with van der Waals surface area (Å²) in [5, 5.41) is 8.57. The van der Waals surface area contributed by atoms with Crippen LogP contribution in [0.2, 0.25) is 5.02 Å². The van der Waals surface area contributed by atoms with Gasteiger partial charge in [-0.3, -0.25) is 4.79 Å². The summed E-state index contributed by atoms with van der Waals surface area (Å²) in [6, 6.07) is 16.5. The van der Waals surface area contributed by atoms with Gasteiger partial charge in [0.05, 0.1) is 15.9 Å².